The van der Waals surface area contributed by atoms with Gasteiger partial charge in [0.25, 0.3) is 0 Å². The van der Waals surface area contributed by atoms with Gasteiger partial charge in [0.05, 0.1) is 0 Å². The quantitative estimate of drug-likeness (QED) is 0.608. The standard InChI is InChI=1S/C11H13Br3O/c1-10(2,3)8-6-7(11(12,13)14)4-5-9(8)15/h4-6,15H,1-3H3. The average Bonchev–Trinajstić information content (AvgIpc) is 2.00. The smallest absolute Gasteiger partial charge is 0.159 e. The number of rotatable bonds is 0. The molecule has 0 aliphatic rings. The zero-order valence-electron chi connectivity index (χ0n) is 8.81. The number of aromatic hydroxyl groups is 1. The van der Waals surface area contributed by atoms with Crippen LogP contribution in [0, 0.1) is 0 Å². The van der Waals surface area contributed by atoms with Crippen molar-refractivity contribution in [2.24, 2.45) is 0 Å². The molecule has 1 aromatic rings. The third-order valence-electron chi connectivity index (χ3n) is 2.13. The first kappa shape index (κ1) is 13.5. The molecule has 0 radical (unpaired) electrons. The summed E-state index contributed by atoms with van der Waals surface area (Å²) in [7, 11) is 0. The highest BCUT2D eigenvalue weighted by molar-refractivity contribution is 9.38. The molecule has 0 saturated heterocycles. The van der Waals surface area contributed by atoms with E-state index in [0.29, 0.717) is 5.75 Å². The van der Waals surface area contributed by atoms with Gasteiger partial charge in [-0.15, -0.1) is 0 Å². The Hall–Kier alpha value is 0.460. The first-order valence-corrected chi connectivity index (χ1v) is 6.91. The zero-order valence-corrected chi connectivity index (χ0v) is 13.6. The molecule has 0 atom stereocenters. The van der Waals surface area contributed by atoms with Gasteiger partial charge in [-0.1, -0.05) is 74.6 Å². The van der Waals surface area contributed by atoms with Crippen LogP contribution in [0.4, 0.5) is 0 Å². The summed E-state index contributed by atoms with van der Waals surface area (Å²) >= 11 is 10.4. The van der Waals surface area contributed by atoms with E-state index < -0.39 is 2.14 Å². The Morgan fingerprint density at radius 3 is 2.00 bits per heavy atom. The van der Waals surface area contributed by atoms with Gasteiger partial charge >= 0.3 is 0 Å². The fourth-order valence-corrected chi connectivity index (χ4v) is 2.05. The summed E-state index contributed by atoms with van der Waals surface area (Å²) in [5.74, 6) is 0.336. The molecule has 0 unspecified atom stereocenters. The fourth-order valence-electron chi connectivity index (χ4n) is 1.31. The van der Waals surface area contributed by atoms with Crippen molar-refractivity contribution in [3.63, 3.8) is 0 Å². The highest BCUT2D eigenvalue weighted by atomic mass is 80.0. The van der Waals surface area contributed by atoms with E-state index >= 15 is 0 Å². The minimum atomic E-state index is -0.430. The number of hydrogen-bond acceptors (Lipinski definition) is 1. The monoisotopic (exact) mass is 398 g/mol. The summed E-state index contributed by atoms with van der Waals surface area (Å²) in [5, 5.41) is 9.79. The third kappa shape index (κ3) is 3.46. The summed E-state index contributed by atoms with van der Waals surface area (Å²) in [6.45, 7) is 6.22. The molecule has 0 bridgehead atoms. The van der Waals surface area contributed by atoms with Crippen molar-refractivity contribution in [3.05, 3.63) is 29.3 Å². The van der Waals surface area contributed by atoms with E-state index in [-0.39, 0.29) is 5.41 Å². The first-order chi connectivity index (χ1) is 6.62. The molecule has 1 N–H and O–H groups in total. The van der Waals surface area contributed by atoms with Gasteiger partial charge in [0, 0.05) is 0 Å². The van der Waals surface area contributed by atoms with Gasteiger partial charge in [-0.3, -0.25) is 0 Å². The van der Waals surface area contributed by atoms with Crippen LogP contribution in [0.1, 0.15) is 31.9 Å². The van der Waals surface area contributed by atoms with Crippen LogP contribution in [0.5, 0.6) is 5.75 Å². The van der Waals surface area contributed by atoms with Crippen LogP contribution >= 0.6 is 47.8 Å². The van der Waals surface area contributed by atoms with Crippen LogP contribution in [0.25, 0.3) is 0 Å². The van der Waals surface area contributed by atoms with E-state index in [9.17, 15) is 5.11 Å². The molecular formula is C11H13Br3O. The molecule has 0 aromatic heterocycles. The molecular weight excluding hydrogens is 388 g/mol. The van der Waals surface area contributed by atoms with Crippen molar-refractivity contribution in [3.8, 4) is 5.75 Å². The highest BCUT2D eigenvalue weighted by Crippen LogP contribution is 2.46. The lowest BCUT2D eigenvalue weighted by atomic mass is 9.85. The number of halogens is 3. The predicted molar refractivity (Wildman–Crippen MR) is 75.3 cm³/mol. The maximum Gasteiger partial charge on any atom is 0.159 e. The van der Waals surface area contributed by atoms with Crippen LogP contribution in [-0.2, 0) is 7.56 Å². The second-order valence-corrected chi connectivity index (χ2v) is 11.2. The SMILES string of the molecule is CC(C)(C)c1cc(C(Br)(Br)Br)ccc1O. The van der Waals surface area contributed by atoms with Crippen molar-refractivity contribution in [1.82, 2.24) is 0 Å². The van der Waals surface area contributed by atoms with E-state index in [4.69, 9.17) is 0 Å². The molecule has 84 valence electrons. The van der Waals surface area contributed by atoms with E-state index in [0.717, 1.165) is 11.1 Å². The number of alkyl halides is 3. The maximum atomic E-state index is 9.79. The van der Waals surface area contributed by atoms with E-state index in [2.05, 4.69) is 68.6 Å². The largest absolute Gasteiger partial charge is 0.508 e. The number of hydrogen-bond donors (Lipinski definition) is 1. The minimum absolute atomic E-state index is 0.0711. The van der Waals surface area contributed by atoms with Crippen molar-refractivity contribution in [2.45, 2.75) is 28.3 Å². The Labute approximate surface area is 116 Å². The van der Waals surface area contributed by atoms with Crippen molar-refractivity contribution in [2.75, 3.05) is 0 Å². The molecule has 1 aromatic carbocycles. The minimum Gasteiger partial charge on any atom is -0.508 e. The predicted octanol–water partition coefficient (Wildman–Crippen LogP) is 4.98. The number of phenolic OH excluding ortho intramolecular Hbond substituents is 1. The lowest BCUT2D eigenvalue weighted by Gasteiger charge is -2.23. The normalized spacial score (nSPS) is 12.9. The Morgan fingerprint density at radius 1 is 1.07 bits per heavy atom. The van der Waals surface area contributed by atoms with Crippen molar-refractivity contribution in [1.29, 1.82) is 0 Å². The molecule has 0 amide bonds. The summed E-state index contributed by atoms with van der Waals surface area (Å²) in [6.07, 6.45) is 0. The molecule has 0 heterocycles. The van der Waals surface area contributed by atoms with Crippen LogP contribution in [0.15, 0.2) is 18.2 Å². The molecule has 1 rings (SSSR count). The topological polar surface area (TPSA) is 20.2 Å². The third-order valence-corrected chi connectivity index (χ3v) is 3.51. The molecule has 0 aliphatic carbocycles. The van der Waals surface area contributed by atoms with Crippen LogP contribution < -0.4 is 0 Å². The Balaban J connectivity index is 3.30. The second kappa shape index (κ2) is 4.38. The molecule has 0 aliphatic heterocycles. The van der Waals surface area contributed by atoms with Gasteiger partial charge in [0.2, 0.25) is 0 Å². The zero-order chi connectivity index (χ0) is 11.9. The second-order valence-electron chi connectivity index (χ2n) is 4.48. The summed E-state index contributed by atoms with van der Waals surface area (Å²) in [4.78, 5) is 0. The Bertz CT molecular complexity index is 361. The molecule has 1 nitrogen and oxygen atoms in total. The van der Waals surface area contributed by atoms with Gasteiger partial charge in [0.1, 0.15) is 5.75 Å². The van der Waals surface area contributed by atoms with Gasteiger partial charge in [0.15, 0.2) is 2.14 Å². The van der Waals surface area contributed by atoms with Gasteiger partial charge in [-0.2, -0.15) is 0 Å². The Morgan fingerprint density at radius 2 is 1.60 bits per heavy atom. The van der Waals surface area contributed by atoms with E-state index in [1.165, 1.54) is 0 Å². The fraction of sp³-hybridized carbons (Fsp3) is 0.455. The molecule has 0 saturated carbocycles. The average molecular weight is 401 g/mol. The number of benzene rings is 1. The summed E-state index contributed by atoms with van der Waals surface area (Å²) in [6, 6.07) is 5.56. The van der Waals surface area contributed by atoms with Crippen LogP contribution in [-0.4, -0.2) is 5.11 Å². The van der Waals surface area contributed by atoms with Crippen LogP contribution in [0.2, 0.25) is 0 Å². The Kier molecular flexibility index (Phi) is 3.95. The molecule has 0 fully saturated rings. The lowest BCUT2D eigenvalue weighted by molar-refractivity contribution is 0.446. The molecule has 0 spiro atoms. The van der Waals surface area contributed by atoms with Gasteiger partial charge < -0.3 is 5.11 Å². The maximum absolute atomic E-state index is 9.79. The van der Waals surface area contributed by atoms with E-state index in [1.54, 1.807) is 6.07 Å². The highest BCUT2D eigenvalue weighted by Gasteiger charge is 2.25. The summed E-state index contributed by atoms with van der Waals surface area (Å²) < 4.78 is -0.430. The summed E-state index contributed by atoms with van der Waals surface area (Å²) in [5.41, 5.74) is 1.88. The van der Waals surface area contributed by atoms with Crippen molar-refractivity contribution >= 4 is 47.8 Å². The first-order valence-electron chi connectivity index (χ1n) is 4.53. The van der Waals surface area contributed by atoms with E-state index in [1.807, 2.05) is 12.1 Å². The molecule has 15 heavy (non-hydrogen) atoms. The van der Waals surface area contributed by atoms with Gasteiger partial charge in [-0.25, -0.2) is 0 Å². The van der Waals surface area contributed by atoms with Gasteiger partial charge in [-0.05, 0) is 28.7 Å². The van der Waals surface area contributed by atoms with Crippen LogP contribution in [0.3, 0.4) is 0 Å². The molecule has 4 heteroatoms. The lowest BCUT2D eigenvalue weighted by Crippen LogP contribution is -2.12. The van der Waals surface area contributed by atoms with Crippen molar-refractivity contribution < 1.29 is 5.11 Å². The number of phenols is 1.